The van der Waals surface area contributed by atoms with E-state index in [-0.39, 0.29) is 16.3 Å². The zero-order valence-corrected chi connectivity index (χ0v) is 17.2. The molecule has 4 rings (SSSR count). The molecule has 0 aliphatic carbocycles. The maximum atomic E-state index is 12.7. The quantitative estimate of drug-likeness (QED) is 0.342. The molecular weight excluding hydrogens is 420 g/mol. The van der Waals surface area contributed by atoms with Crippen LogP contribution in [0.4, 0.5) is 11.4 Å². The van der Waals surface area contributed by atoms with E-state index in [1.54, 1.807) is 12.1 Å². The number of phenolic OH excluding ortho intramolecular Hbond substituents is 1. The highest BCUT2D eigenvalue weighted by Gasteiger charge is 2.29. The Hall–Kier alpha value is -3.50. The fraction of sp³-hybridized carbons (Fsp3) is 0.190. The molecule has 0 spiro atoms. The Balaban J connectivity index is 1.64. The molecule has 160 valence electrons. The standard InChI is InChI=1S/C21H20N4O5S/c26-21-10-7-15-5-1-2-6-17(15)18(21)14-22-23-19-9-8-16(13-20(19)25(27)28)31(29,30)24-11-3-4-12-24/h1-2,5-10,13-14,23,26H,3-4,11-12H2. The van der Waals surface area contributed by atoms with E-state index in [1.807, 2.05) is 24.3 Å². The number of hydrazone groups is 1. The van der Waals surface area contributed by atoms with Crippen molar-refractivity contribution in [3.63, 3.8) is 0 Å². The fourth-order valence-electron chi connectivity index (χ4n) is 3.58. The van der Waals surface area contributed by atoms with Gasteiger partial charge in [-0.15, -0.1) is 0 Å². The Morgan fingerprint density at radius 3 is 2.58 bits per heavy atom. The van der Waals surface area contributed by atoms with E-state index in [9.17, 15) is 23.6 Å². The van der Waals surface area contributed by atoms with Crippen molar-refractivity contribution < 1.29 is 18.4 Å². The molecule has 0 bridgehead atoms. The molecule has 1 heterocycles. The second-order valence-corrected chi connectivity index (χ2v) is 9.07. The number of phenols is 1. The largest absolute Gasteiger partial charge is 0.507 e. The molecule has 1 saturated heterocycles. The molecule has 1 fully saturated rings. The van der Waals surface area contributed by atoms with Gasteiger partial charge in [-0.05, 0) is 41.8 Å². The maximum absolute atomic E-state index is 12.7. The van der Waals surface area contributed by atoms with Gasteiger partial charge in [0.1, 0.15) is 11.4 Å². The van der Waals surface area contributed by atoms with Crippen molar-refractivity contribution in [1.82, 2.24) is 4.31 Å². The van der Waals surface area contributed by atoms with Crippen molar-refractivity contribution in [3.8, 4) is 5.75 Å². The number of nitrogens with zero attached hydrogens (tertiary/aromatic N) is 3. The molecule has 10 heteroatoms. The van der Waals surface area contributed by atoms with Gasteiger partial charge in [-0.25, -0.2) is 8.42 Å². The van der Waals surface area contributed by atoms with Gasteiger partial charge in [0.2, 0.25) is 10.0 Å². The third-order valence-corrected chi connectivity index (χ3v) is 7.09. The molecule has 0 atom stereocenters. The third kappa shape index (κ3) is 4.07. The molecular formula is C21H20N4O5S. The zero-order valence-electron chi connectivity index (χ0n) is 16.4. The SMILES string of the molecule is O=[N+]([O-])c1cc(S(=O)(=O)N2CCCC2)ccc1NN=Cc1c(O)ccc2ccccc12. The van der Waals surface area contributed by atoms with Crippen molar-refractivity contribution >= 4 is 38.4 Å². The zero-order chi connectivity index (χ0) is 22.0. The molecule has 3 aromatic carbocycles. The number of anilines is 1. The van der Waals surface area contributed by atoms with Gasteiger partial charge in [0, 0.05) is 24.7 Å². The van der Waals surface area contributed by atoms with Crippen molar-refractivity contribution in [2.75, 3.05) is 18.5 Å². The number of hydrogen-bond donors (Lipinski definition) is 2. The van der Waals surface area contributed by atoms with Crippen LogP contribution in [-0.4, -0.2) is 42.1 Å². The number of rotatable bonds is 6. The Morgan fingerprint density at radius 1 is 1.10 bits per heavy atom. The molecule has 2 N–H and O–H groups in total. The van der Waals surface area contributed by atoms with Crippen LogP contribution in [0.1, 0.15) is 18.4 Å². The first-order valence-corrected chi connectivity index (χ1v) is 11.1. The summed E-state index contributed by atoms with van der Waals surface area (Å²) in [5, 5.41) is 27.4. The lowest BCUT2D eigenvalue weighted by atomic mass is 10.0. The molecule has 9 nitrogen and oxygen atoms in total. The number of nitro groups is 1. The molecule has 0 saturated carbocycles. The molecule has 0 unspecified atom stereocenters. The van der Waals surface area contributed by atoms with Crippen LogP contribution in [0, 0.1) is 10.1 Å². The average molecular weight is 440 g/mol. The van der Waals surface area contributed by atoms with Crippen LogP contribution in [0.3, 0.4) is 0 Å². The van der Waals surface area contributed by atoms with E-state index in [0.717, 1.165) is 29.7 Å². The number of sulfonamides is 1. The van der Waals surface area contributed by atoms with Gasteiger partial charge >= 0.3 is 0 Å². The first-order valence-electron chi connectivity index (χ1n) is 9.66. The summed E-state index contributed by atoms with van der Waals surface area (Å²) in [5.41, 5.74) is 2.69. The highest BCUT2D eigenvalue weighted by molar-refractivity contribution is 7.89. The molecule has 0 radical (unpaired) electrons. The first-order chi connectivity index (χ1) is 14.9. The van der Waals surface area contributed by atoms with Gasteiger partial charge in [0.15, 0.2) is 0 Å². The fourth-order valence-corrected chi connectivity index (χ4v) is 5.12. The Morgan fingerprint density at radius 2 is 1.84 bits per heavy atom. The number of aromatic hydroxyl groups is 1. The predicted octanol–water partition coefficient (Wildman–Crippen LogP) is 3.68. The number of nitro benzene ring substituents is 1. The van der Waals surface area contributed by atoms with Gasteiger partial charge < -0.3 is 5.11 Å². The molecule has 1 aliphatic heterocycles. The molecule has 31 heavy (non-hydrogen) atoms. The van der Waals surface area contributed by atoms with Crippen LogP contribution in [0.5, 0.6) is 5.75 Å². The van der Waals surface area contributed by atoms with E-state index in [2.05, 4.69) is 10.5 Å². The predicted molar refractivity (Wildman–Crippen MR) is 118 cm³/mol. The van der Waals surface area contributed by atoms with Gasteiger partial charge in [-0.2, -0.15) is 9.41 Å². The van der Waals surface area contributed by atoms with Crippen LogP contribution in [-0.2, 0) is 10.0 Å². The Labute approximate surface area is 178 Å². The second kappa shape index (κ2) is 8.32. The third-order valence-electron chi connectivity index (χ3n) is 5.20. The van der Waals surface area contributed by atoms with Crippen molar-refractivity contribution in [2.24, 2.45) is 5.10 Å². The highest BCUT2D eigenvalue weighted by Crippen LogP contribution is 2.30. The van der Waals surface area contributed by atoms with E-state index in [1.165, 1.54) is 22.7 Å². The van der Waals surface area contributed by atoms with Crippen molar-refractivity contribution in [3.05, 3.63) is 70.3 Å². The van der Waals surface area contributed by atoms with Crippen molar-refractivity contribution in [1.29, 1.82) is 0 Å². The maximum Gasteiger partial charge on any atom is 0.295 e. The summed E-state index contributed by atoms with van der Waals surface area (Å²) >= 11 is 0. The lowest BCUT2D eigenvalue weighted by Gasteiger charge is -2.15. The lowest BCUT2D eigenvalue weighted by Crippen LogP contribution is -2.27. The van der Waals surface area contributed by atoms with Crippen molar-refractivity contribution in [2.45, 2.75) is 17.7 Å². The minimum absolute atomic E-state index is 0.0193. The molecule has 1 aliphatic rings. The number of nitrogens with one attached hydrogen (secondary N) is 1. The Bertz CT molecular complexity index is 1280. The second-order valence-electron chi connectivity index (χ2n) is 7.14. The highest BCUT2D eigenvalue weighted by atomic mass is 32.2. The van der Waals surface area contributed by atoms with Gasteiger partial charge in [-0.3, -0.25) is 15.5 Å². The molecule has 0 aromatic heterocycles. The van der Waals surface area contributed by atoms with E-state index in [4.69, 9.17) is 0 Å². The summed E-state index contributed by atoms with van der Waals surface area (Å²) in [6.07, 6.45) is 2.92. The van der Waals surface area contributed by atoms with Crippen LogP contribution in [0.2, 0.25) is 0 Å². The van der Waals surface area contributed by atoms with E-state index >= 15 is 0 Å². The molecule has 3 aromatic rings. The minimum Gasteiger partial charge on any atom is -0.507 e. The number of benzene rings is 3. The molecule has 0 amide bonds. The minimum atomic E-state index is -3.78. The number of hydrogen-bond acceptors (Lipinski definition) is 7. The lowest BCUT2D eigenvalue weighted by molar-refractivity contribution is -0.384. The summed E-state index contributed by atoms with van der Waals surface area (Å²) < 4.78 is 26.7. The summed E-state index contributed by atoms with van der Waals surface area (Å²) in [6.45, 7) is 0.823. The van der Waals surface area contributed by atoms with Gasteiger partial charge in [0.05, 0.1) is 16.0 Å². The van der Waals surface area contributed by atoms with E-state index < -0.39 is 20.6 Å². The number of fused-ring (bicyclic) bond motifs is 1. The Kier molecular flexibility index (Phi) is 5.57. The monoisotopic (exact) mass is 440 g/mol. The average Bonchev–Trinajstić information content (AvgIpc) is 3.31. The van der Waals surface area contributed by atoms with Crippen LogP contribution in [0.25, 0.3) is 10.8 Å². The van der Waals surface area contributed by atoms with Crippen LogP contribution >= 0.6 is 0 Å². The van der Waals surface area contributed by atoms with E-state index in [0.29, 0.717) is 18.7 Å². The van der Waals surface area contributed by atoms with Gasteiger partial charge in [-0.1, -0.05) is 30.3 Å². The topological polar surface area (TPSA) is 125 Å². The van der Waals surface area contributed by atoms with Crippen LogP contribution in [0.15, 0.2) is 64.6 Å². The smallest absolute Gasteiger partial charge is 0.295 e. The summed E-state index contributed by atoms with van der Waals surface area (Å²) in [4.78, 5) is 10.8. The summed E-state index contributed by atoms with van der Waals surface area (Å²) in [5.74, 6) is 0.0193. The summed E-state index contributed by atoms with van der Waals surface area (Å²) in [7, 11) is -3.78. The van der Waals surface area contributed by atoms with Gasteiger partial charge in [0.25, 0.3) is 5.69 Å². The summed E-state index contributed by atoms with van der Waals surface area (Å²) in [6, 6.07) is 14.4. The first kappa shape index (κ1) is 20.8. The normalized spacial score (nSPS) is 15.0. The van der Waals surface area contributed by atoms with Crippen LogP contribution < -0.4 is 5.43 Å².